The molecule has 1 aromatic carbocycles. The average Bonchev–Trinajstić information content (AvgIpc) is 2.30. The lowest BCUT2D eigenvalue weighted by molar-refractivity contribution is 0.244. The lowest BCUT2D eigenvalue weighted by Gasteiger charge is -2.35. The smallest absolute Gasteiger partial charge is 0.123 e. The van der Waals surface area contributed by atoms with Crippen LogP contribution in [0.25, 0.3) is 0 Å². The molecule has 0 saturated heterocycles. The molecule has 1 saturated carbocycles. The van der Waals surface area contributed by atoms with E-state index >= 15 is 0 Å². The fourth-order valence-corrected chi connectivity index (χ4v) is 3.34. The summed E-state index contributed by atoms with van der Waals surface area (Å²) in [5.74, 6) is 1.82. The Morgan fingerprint density at radius 1 is 1.28 bits per heavy atom. The lowest BCUT2D eigenvalue weighted by Crippen LogP contribution is -2.30. The molecule has 2 heteroatoms. The standard InChI is InChI=1S/C16H24FN/c1-11-4-5-13(10-18-3)16(8-11)14-6-12(2)7-15(17)9-14/h6-7,9,11,13,16,18H,4-5,8,10H2,1-3H3. The fourth-order valence-electron chi connectivity index (χ4n) is 3.34. The zero-order valence-electron chi connectivity index (χ0n) is 11.7. The molecule has 0 aromatic heterocycles. The number of aryl methyl sites for hydroxylation is 1. The van der Waals surface area contributed by atoms with E-state index in [9.17, 15) is 4.39 Å². The third-order valence-electron chi connectivity index (χ3n) is 4.21. The van der Waals surface area contributed by atoms with Crippen molar-refractivity contribution in [3.63, 3.8) is 0 Å². The zero-order valence-corrected chi connectivity index (χ0v) is 11.7. The first-order chi connectivity index (χ1) is 8.60. The van der Waals surface area contributed by atoms with E-state index in [2.05, 4.69) is 18.3 Å². The van der Waals surface area contributed by atoms with Gasteiger partial charge in [-0.3, -0.25) is 0 Å². The second-order valence-corrected chi connectivity index (χ2v) is 5.90. The maximum Gasteiger partial charge on any atom is 0.123 e. The van der Waals surface area contributed by atoms with Crippen molar-refractivity contribution in [1.29, 1.82) is 0 Å². The molecule has 1 N–H and O–H groups in total. The van der Waals surface area contributed by atoms with Gasteiger partial charge >= 0.3 is 0 Å². The third kappa shape index (κ3) is 3.11. The summed E-state index contributed by atoms with van der Waals surface area (Å²) >= 11 is 0. The highest BCUT2D eigenvalue weighted by atomic mass is 19.1. The van der Waals surface area contributed by atoms with Crippen LogP contribution in [0.4, 0.5) is 4.39 Å². The van der Waals surface area contributed by atoms with Gasteiger partial charge in [-0.1, -0.05) is 19.4 Å². The van der Waals surface area contributed by atoms with E-state index < -0.39 is 0 Å². The second-order valence-electron chi connectivity index (χ2n) is 5.90. The van der Waals surface area contributed by atoms with E-state index in [0.717, 1.165) is 18.0 Å². The average molecular weight is 249 g/mol. The van der Waals surface area contributed by atoms with Gasteiger partial charge in [0.1, 0.15) is 5.82 Å². The molecule has 0 heterocycles. The second kappa shape index (κ2) is 5.83. The van der Waals surface area contributed by atoms with Crippen molar-refractivity contribution in [3.8, 4) is 0 Å². The van der Waals surface area contributed by atoms with Gasteiger partial charge in [0.25, 0.3) is 0 Å². The van der Waals surface area contributed by atoms with Crippen LogP contribution in [0.15, 0.2) is 18.2 Å². The zero-order chi connectivity index (χ0) is 13.1. The highest BCUT2D eigenvalue weighted by Crippen LogP contribution is 2.40. The maximum absolute atomic E-state index is 13.6. The lowest BCUT2D eigenvalue weighted by atomic mass is 9.71. The van der Waals surface area contributed by atoms with E-state index in [1.807, 2.05) is 14.0 Å². The molecular formula is C16H24FN. The van der Waals surface area contributed by atoms with Gasteiger partial charge in [0.2, 0.25) is 0 Å². The van der Waals surface area contributed by atoms with Crippen LogP contribution in [0.1, 0.15) is 43.2 Å². The predicted octanol–water partition coefficient (Wildman–Crippen LogP) is 3.87. The first-order valence-corrected chi connectivity index (χ1v) is 7.02. The van der Waals surface area contributed by atoms with Gasteiger partial charge in [0, 0.05) is 0 Å². The number of benzene rings is 1. The SMILES string of the molecule is CNCC1CCC(C)CC1c1cc(C)cc(F)c1. The number of hydrogen-bond acceptors (Lipinski definition) is 1. The van der Waals surface area contributed by atoms with E-state index in [4.69, 9.17) is 0 Å². The van der Waals surface area contributed by atoms with Crippen LogP contribution >= 0.6 is 0 Å². The minimum absolute atomic E-state index is 0.0913. The first-order valence-electron chi connectivity index (χ1n) is 7.02. The molecule has 1 aliphatic carbocycles. The van der Waals surface area contributed by atoms with Gasteiger partial charge in [0.15, 0.2) is 0 Å². The van der Waals surface area contributed by atoms with Crippen molar-refractivity contribution in [2.24, 2.45) is 11.8 Å². The van der Waals surface area contributed by atoms with Crippen LogP contribution in [0.3, 0.4) is 0 Å². The van der Waals surface area contributed by atoms with Crippen molar-refractivity contribution in [2.75, 3.05) is 13.6 Å². The molecule has 0 amide bonds. The number of rotatable bonds is 3. The summed E-state index contributed by atoms with van der Waals surface area (Å²) in [5, 5.41) is 3.29. The van der Waals surface area contributed by atoms with E-state index in [0.29, 0.717) is 11.8 Å². The molecule has 18 heavy (non-hydrogen) atoms. The molecule has 1 fully saturated rings. The number of hydrogen-bond donors (Lipinski definition) is 1. The van der Waals surface area contributed by atoms with E-state index in [1.54, 1.807) is 12.1 Å². The van der Waals surface area contributed by atoms with Crippen molar-refractivity contribution >= 4 is 0 Å². The Morgan fingerprint density at radius 2 is 2.06 bits per heavy atom. The van der Waals surface area contributed by atoms with E-state index in [1.165, 1.54) is 24.8 Å². The van der Waals surface area contributed by atoms with Crippen LogP contribution in [0.2, 0.25) is 0 Å². The molecule has 0 bridgehead atoms. The summed E-state index contributed by atoms with van der Waals surface area (Å²) in [6, 6.07) is 5.51. The molecule has 100 valence electrons. The largest absolute Gasteiger partial charge is 0.319 e. The Morgan fingerprint density at radius 3 is 2.72 bits per heavy atom. The molecule has 3 atom stereocenters. The van der Waals surface area contributed by atoms with Crippen molar-refractivity contribution in [2.45, 2.75) is 39.0 Å². The van der Waals surface area contributed by atoms with Crippen molar-refractivity contribution in [1.82, 2.24) is 5.32 Å². The monoisotopic (exact) mass is 249 g/mol. The summed E-state index contributed by atoms with van der Waals surface area (Å²) in [4.78, 5) is 0. The highest BCUT2D eigenvalue weighted by molar-refractivity contribution is 5.27. The summed E-state index contributed by atoms with van der Waals surface area (Å²) < 4.78 is 13.6. The molecular weight excluding hydrogens is 225 g/mol. The number of nitrogens with one attached hydrogen (secondary N) is 1. The minimum atomic E-state index is -0.0913. The Kier molecular flexibility index (Phi) is 4.39. The predicted molar refractivity (Wildman–Crippen MR) is 74.3 cm³/mol. The van der Waals surface area contributed by atoms with Crippen LogP contribution < -0.4 is 5.32 Å². The summed E-state index contributed by atoms with van der Waals surface area (Å²) in [7, 11) is 2.01. The molecule has 2 rings (SSSR count). The van der Waals surface area contributed by atoms with Gasteiger partial charge in [-0.2, -0.15) is 0 Å². The topological polar surface area (TPSA) is 12.0 Å². The van der Waals surface area contributed by atoms with Gasteiger partial charge in [-0.05, 0) is 74.4 Å². The van der Waals surface area contributed by atoms with E-state index in [-0.39, 0.29) is 5.82 Å². The molecule has 0 spiro atoms. The van der Waals surface area contributed by atoms with Crippen molar-refractivity contribution < 1.29 is 4.39 Å². The summed E-state index contributed by atoms with van der Waals surface area (Å²) in [5.41, 5.74) is 2.23. The molecule has 0 radical (unpaired) electrons. The Bertz CT molecular complexity index is 382. The van der Waals surface area contributed by atoms with Gasteiger partial charge < -0.3 is 5.32 Å². The number of halogens is 1. The van der Waals surface area contributed by atoms with Crippen LogP contribution in [0.5, 0.6) is 0 Å². The summed E-state index contributed by atoms with van der Waals surface area (Å²) in [6.07, 6.45) is 3.74. The molecule has 1 nitrogen and oxygen atoms in total. The molecule has 1 aromatic rings. The van der Waals surface area contributed by atoms with Crippen LogP contribution in [-0.4, -0.2) is 13.6 Å². The molecule has 0 aliphatic heterocycles. The summed E-state index contributed by atoms with van der Waals surface area (Å²) in [6.45, 7) is 5.33. The Hall–Kier alpha value is -0.890. The molecule has 3 unspecified atom stereocenters. The minimum Gasteiger partial charge on any atom is -0.319 e. The van der Waals surface area contributed by atoms with Gasteiger partial charge in [-0.25, -0.2) is 4.39 Å². The Labute approximate surface area is 110 Å². The van der Waals surface area contributed by atoms with Crippen LogP contribution in [0, 0.1) is 24.6 Å². The van der Waals surface area contributed by atoms with Crippen molar-refractivity contribution in [3.05, 3.63) is 35.1 Å². The fraction of sp³-hybridized carbons (Fsp3) is 0.625. The third-order valence-corrected chi connectivity index (χ3v) is 4.21. The quantitative estimate of drug-likeness (QED) is 0.857. The van der Waals surface area contributed by atoms with Gasteiger partial charge in [-0.15, -0.1) is 0 Å². The highest BCUT2D eigenvalue weighted by Gasteiger charge is 2.29. The molecule has 1 aliphatic rings. The maximum atomic E-state index is 13.6. The van der Waals surface area contributed by atoms with Gasteiger partial charge in [0.05, 0.1) is 0 Å². The van der Waals surface area contributed by atoms with Crippen LogP contribution in [-0.2, 0) is 0 Å². The normalized spacial score (nSPS) is 28.3. The Balaban J connectivity index is 2.25. The first kappa shape index (κ1) is 13.5.